The van der Waals surface area contributed by atoms with Gasteiger partial charge in [0.05, 0.1) is 26.4 Å². The largest absolute Gasteiger partial charge is 0.507 e. The quantitative estimate of drug-likeness (QED) is 0.195. The number of hydrogen-bond donors (Lipinski definition) is 2. The number of aromatic hydroxyl groups is 1. The van der Waals surface area contributed by atoms with Gasteiger partial charge in [-0.2, -0.15) is 0 Å². The van der Waals surface area contributed by atoms with Crippen LogP contribution < -0.4 is 14.2 Å². The zero-order chi connectivity index (χ0) is 37.0. The second-order valence-electron chi connectivity index (χ2n) is 15.9. The number of para-hydroxylation sites is 2. The Bertz CT molecular complexity index is 1910. The number of hydrogen-bond acceptors (Lipinski definition) is 7. The van der Waals surface area contributed by atoms with Gasteiger partial charge in [0.25, 0.3) is 0 Å². The second-order valence-corrected chi connectivity index (χ2v) is 15.9. The van der Waals surface area contributed by atoms with Crippen molar-refractivity contribution < 1.29 is 38.7 Å². The van der Waals surface area contributed by atoms with E-state index in [1.165, 1.54) is 5.56 Å². The molecule has 0 radical (unpaired) electrons. The summed E-state index contributed by atoms with van der Waals surface area (Å²) in [5.74, 6) is 1.23. The lowest BCUT2D eigenvalue weighted by Gasteiger charge is -2.27. The van der Waals surface area contributed by atoms with E-state index in [9.17, 15) is 15.0 Å². The molecule has 52 heavy (non-hydrogen) atoms. The van der Waals surface area contributed by atoms with Gasteiger partial charge >= 0.3 is 5.97 Å². The highest BCUT2D eigenvalue weighted by molar-refractivity contribution is 5.69. The maximum atomic E-state index is 11.8. The maximum Gasteiger partial charge on any atom is 0.341 e. The van der Waals surface area contributed by atoms with Crippen molar-refractivity contribution in [3.8, 4) is 23.0 Å². The molecule has 0 amide bonds. The minimum atomic E-state index is -1.06. The summed E-state index contributed by atoms with van der Waals surface area (Å²) >= 11 is 0. The highest BCUT2D eigenvalue weighted by Gasteiger charge is 2.26. The molecule has 0 atom stereocenters. The van der Waals surface area contributed by atoms with Crippen molar-refractivity contribution in [2.45, 2.75) is 78.1 Å². The molecule has 10 bridgehead atoms. The van der Waals surface area contributed by atoms with Crippen LogP contribution in [0.4, 0.5) is 0 Å². The fourth-order valence-electron chi connectivity index (χ4n) is 6.98. The first-order valence-corrected chi connectivity index (χ1v) is 18.3. The smallest absolute Gasteiger partial charge is 0.341 e. The van der Waals surface area contributed by atoms with Gasteiger partial charge in [-0.1, -0.05) is 102 Å². The van der Waals surface area contributed by atoms with Crippen LogP contribution in [0.25, 0.3) is 0 Å². The summed E-state index contributed by atoms with van der Waals surface area (Å²) in [5, 5.41) is 21.5. The van der Waals surface area contributed by atoms with Crippen LogP contribution in [0.1, 0.15) is 97.2 Å². The summed E-state index contributed by atoms with van der Waals surface area (Å²) in [6.07, 6.45) is 1.77. The van der Waals surface area contributed by atoms with Crippen molar-refractivity contribution in [1.29, 1.82) is 0 Å². The molecule has 0 aromatic heterocycles. The third-order valence-corrected chi connectivity index (χ3v) is 9.78. The van der Waals surface area contributed by atoms with Crippen molar-refractivity contribution in [2.24, 2.45) is 0 Å². The van der Waals surface area contributed by atoms with Crippen molar-refractivity contribution in [3.63, 3.8) is 0 Å². The summed E-state index contributed by atoms with van der Waals surface area (Å²) < 4.78 is 31.2. The SMILES string of the molecule is CC(C)(C)c1cc2c3c(c1)Cc1cc(C(C)(C)C)cc(c1OCCOCCOCCO3)Cc1cccc(c1OCC(=O)O)Cc1cccc(c1O)C2. The summed E-state index contributed by atoms with van der Waals surface area (Å²) in [5.41, 5.74) is 9.15. The second kappa shape index (κ2) is 15.6. The molecule has 8 nitrogen and oxygen atoms in total. The van der Waals surface area contributed by atoms with E-state index in [4.69, 9.17) is 23.7 Å². The van der Waals surface area contributed by atoms with Gasteiger partial charge in [-0.3, -0.25) is 0 Å². The number of aliphatic carboxylic acids is 1. The van der Waals surface area contributed by atoms with E-state index in [0.29, 0.717) is 71.1 Å². The Morgan fingerprint density at radius 3 is 1.38 bits per heavy atom. The van der Waals surface area contributed by atoms with E-state index in [1.54, 1.807) is 0 Å². The minimum absolute atomic E-state index is 0.154. The molecule has 0 spiro atoms. The van der Waals surface area contributed by atoms with E-state index in [2.05, 4.69) is 65.8 Å². The molecular weight excluding hydrogens is 656 g/mol. The molecule has 8 heteroatoms. The number of carbonyl (C=O) groups is 1. The Labute approximate surface area is 307 Å². The van der Waals surface area contributed by atoms with Crippen molar-refractivity contribution in [1.82, 2.24) is 0 Å². The molecule has 1 aliphatic carbocycles. The van der Waals surface area contributed by atoms with Crippen LogP contribution in [-0.2, 0) is 50.8 Å². The van der Waals surface area contributed by atoms with Crippen LogP contribution in [0, 0.1) is 0 Å². The van der Waals surface area contributed by atoms with Crippen LogP contribution in [0.2, 0.25) is 0 Å². The first-order chi connectivity index (χ1) is 24.8. The fraction of sp³-hybridized carbons (Fsp3) is 0.432. The molecule has 2 aliphatic rings. The van der Waals surface area contributed by atoms with Gasteiger partial charge in [0.15, 0.2) is 6.61 Å². The number of carboxylic acid groups (broad SMARTS) is 1. The Balaban J connectivity index is 1.67. The number of ether oxygens (including phenoxy) is 5. The first kappa shape index (κ1) is 37.2. The van der Waals surface area contributed by atoms with Crippen LogP contribution in [0.15, 0.2) is 60.7 Å². The van der Waals surface area contributed by atoms with Crippen molar-refractivity contribution >= 4 is 5.97 Å². The minimum Gasteiger partial charge on any atom is -0.507 e. The van der Waals surface area contributed by atoms with E-state index in [1.807, 2.05) is 36.4 Å². The highest BCUT2D eigenvalue weighted by Crippen LogP contribution is 2.42. The molecule has 0 saturated heterocycles. The number of fused-ring (bicyclic) bond motifs is 4. The molecule has 4 aromatic carbocycles. The lowest BCUT2D eigenvalue weighted by atomic mass is 9.81. The molecule has 276 valence electrons. The van der Waals surface area contributed by atoms with Gasteiger partial charge in [0.2, 0.25) is 0 Å². The van der Waals surface area contributed by atoms with E-state index in [-0.39, 0.29) is 16.6 Å². The average molecular weight is 709 g/mol. The highest BCUT2D eigenvalue weighted by atomic mass is 16.6. The molecular formula is C44H52O8. The zero-order valence-corrected chi connectivity index (χ0v) is 31.4. The predicted molar refractivity (Wildman–Crippen MR) is 202 cm³/mol. The van der Waals surface area contributed by atoms with E-state index in [0.717, 1.165) is 61.6 Å². The molecule has 1 aliphatic heterocycles. The summed E-state index contributed by atoms with van der Waals surface area (Å²) in [6.45, 7) is 15.2. The summed E-state index contributed by atoms with van der Waals surface area (Å²) in [7, 11) is 0. The predicted octanol–water partition coefficient (Wildman–Crippen LogP) is 7.93. The normalized spacial score (nSPS) is 15.6. The number of rotatable bonds is 3. The number of carboxylic acids is 1. The monoisotopic (exact) mass is 708 g/mol. The lowest BCUT2D eigenvalue weighted by Crippen LogP contribution is -2.17. The Morgan fingerprint density at radius 1 is 0.596 bits per heavy atom. The van der Waals surface area contributed by atoms with Gasteiger partial charge in [-0.05, 0) is 66.5 Å². The van der Waals surface area contributed by atoms with Gasteiger partial charge in [0.1, 0.15) is 36.2 Å². The maximum absolute atomic E-state index is 11.8. The first-order valence-electron chi connectivity index (χ1n) is 18.3. The van der Waals surface area contributed by atoms with Gasteiger partial charge in [-0.25, -0.2) is 4.79 Å². The molecule has 6 rings (SSSR count). The van der Waals surface area contributed by atoms with E-state index >= 15 is 0 Å². The standard InChI is InChI=1S/C44H52O8/c1-43(2,3)36-23-32-20-29-10-7-9-28(39(29)47)19-30-11-8-12-31(40(30)52-27-38(45)46)21-33-24-37(44(4,5)6)26-35-22-34(25-36)41(32)50-17-15-48-13-14-49-16-18-51-42(33)35/h7-12,23-26,47H,13-22,27H2,1-6H3,(H,45,46). The average Bonchev–Trinajstić information content (AvgIpc) is 3.07. The fourth-order valence-corrected chi connectivity index (χ4v) is 6.98. The van der Waals surface area contributed by atoms with Gasteiger partial charge < -0.3 is 33.9 Å². The van der Waals surface area contributed by atoms with Crippen molar-refractivity contribution in [2.75, 3.05) is 46.2 Å². The van der Waals surface area contributed by atoms with Crippen LogP contribution in [0.5, 0.6) is 23.0 Å². The van der Waals surface area contributed by atoms with Gasteiger partial charge in [-0.15, -0.1) is 0 Å². The third kappa shape index (κ3) is 8.73. The number of benzene rings is 4. The van der Waals surface area contributed by atoms with Gasteiger partial charge in [0, 0.05) is 25.7 Å². The molecule has 0 unspecified atom stereocenters. The Hall–Kier alpha value is -4.53. The molecule has 0 fully saturated rings. The molecule has 2 N–H and O–H groups in total. The Morgan fingerprint density at radius 2 is 0.962 bits per heavy atom. The third-order valence-electron chi connectivity index (χ3n) is 9.78. The van der Waals surface area contributed by atoms with Crippen molar-refractivity contribution in [3.05, 3.63) is 116 Å². The topological polar surface area (TPSA) is 104 Å². The Kier molecular flexibility index (Phi) is 11.2. The molecule has 0 saturated carbocycles. The van der Waals surface area contributed by atoms with E-state index < -0.39 is 12.6 Å². The summed E-state index contributed by atoms with van der Waals surface area (Å²) in [4.78, 5) is 11.8. The number of phenolic OH excluding ortho intramolecular Hbond substituents is 1. The summed E-state index contributed by atoms with van der Waals surface area (Å²) in [6, 6.07) is 20.7. The molecule has 4 aromatic rings. The lowest BCUT2D eigenvalue weighted by molar-refractivity contribution is -0.139. The molecule has 1 heterocycles. The van der Waals surface area contributed by atoms with Crippen LogP contribution in [0.3, 0.4) is 0 Å². The number of phenols is 1. The van der Waals surface area contributed by atoms with Crippen LogP contribution >= 0.6 is 0 Å². The van der Waals surface area contributed by atoms with Crippen LogP contribution in [-0.4, -0.2) is 62.4 Å². The zero-order valence-electron chi connectivity index (χ0n) is 31.4.